The molecule has 0 aliphatic heterocycles. The van der Waals surface area contributed by atoms with Gasteiger partial charge in [0.1, 0.15) is 11.5 Å². The third-order valence-electron chi connectivity index (χ3n) is 2.62. The van der Waals surface area contributed by atoms with Crippen LogP contribution in [0.15, 0.2) is 36.4 Å². The molecule has 0 saturated heterocycles. The lowest BCUT2D eigenvalue weighted by Crippen LogP contribution is -2.08. The first-order chi connectivity index (χ1) is 9.81. The van der Waals surface area contributed by atoms with E-state index in [0.717, 1.165) is 12.1 Å². The zero-order chi connectivity index (χ0) is 15.6. The molecule has 2 rings (SSSR count). The second-order valence-corrected chi connectivity index (χ2v) is 4.54. The average Bonchev–Trinajstić information content (AvgIpc) is 2.41. The highest BCUT2D eigenvalue weighted by atomic mass is 35.5. The average molecular weight is 313 g/mol. The van der Waals surface area contributed by atoms with E-state index in [4.69, 9.17) is 27.3 Å². The molecule has 0 amide bonds. The summed E-state index contributed by atoms with van der Waals surface area (Å²) in [5, 5.41) is 9.10. The van der Waals surface area contributed by atoms with Crippen LogP contribution in [0.1, 0.15) is 11.1 Å². The number of rotatable bonds is 2. The Kier molecular flexibility index (Phi) is 3.96. The van der Waals surface area contributed by atoms with E-state index in [0.29, 0.717) is 5.02 Å². The van der Waals surface area contributed by atoms with Crippen molar-refractivity contribution in [2.75, 3.05) is 5.73 Å². The molecule has 108 valence electrons. The van der Waals surface area contributed by atoms with E-state index in [1.807, 2.05) is 0 Å². The van der Waals surface area contributed by atoms with Crippen molar-refractivity contribution in [2.45, 2.75) is 6.18 Å². The number of ether oxygens (including phenoxy) is 1. The van der Waals surface area contributed by atoms with Crippen LogP contribution in [0.3, 0.4) is 0 Å². The number of nitriles is 1. The van der Waals surface area contributed by atoms with Gasteiger partial charge in [0.25, 0.3) is 0 Å². The highest BCUT2D eigenvalue weighted by molar-refractivity contribution is 6.30. The SMILES string of the molecule is N#Cc1ccc(Oc2ccc(Cl)cc2N)cc1C(F)(F)F. The maximum Gasteiger partial charge on any atom is 0.417 e. The first kappa shape index (κ1) is 15.0. The Bertz CT molecular complexity index is 723. The number of hydrogen-bond donors (Lipinski definition) is 1. The standard InChI is InChI=1S/C14H8ClF3N2O/c15-9-2-4-13(12(20)5-9)21-10-3-1-8(7-19)11(6-10)14(16,17)18/h1-6H,20H2. The second-order valence-electron chi connectivity index (χ2n) is 4.10. The number of nitrogens with zero attached hydrogens (tertiary/aromatic N) is 1. The molecule has 3 nitrogen and oxygen atoms in total. The van der Waals surface area contributed by atoms with Gasteiger partial charge in [0, 0.05) is 5.02 Å². The van der Waals surface area contributed by atoms with E-state index >= 15 is 0 Å². The number of hydrogen-bond acceptors (Lipinski definition) is 3. The normalized spacial score (nSPS) is 11.0. The predicted octanol–water partition coefficient (Wildman–Crippen LogP) is 4.60. The van der Waals surface area contributed by atoms with Crippen molar-refractivity contribution in [2.24, 2.45) is 0 Å². The molecule has 0 aliphatic carbocycles. The minimum Gasteiger partial charge on any atom is -0.455 e. The van der Waals surface area contributed by atoms with Crippen LogP contribution in [0.4, 0.5) is 18.9 Å². The van der Waals surface area contributed by atoms with Crippen molar-refractivity contribution in [1.29, 1.82) is 5.26 Å². The Labute approximate surface area is 123 Å². The summed E-state index contributed by atoms with van der Waals surface area (Å²) in [5.41, 5.74) is 4.33. The van der Waals surface area contributed by atoms with Gasteiger partial charge >= 0.3 is 6.18 Å². The van der Waals surface area contributed by atoms with Crippen LogP contribution in [-0.2, 0) is 6.18 Å². The summed E-state index contributed by atoms with van der Waals surface area (Å²) in [6, 6.07) is 8.93. The number of anilines is 1. The van der Waals surface area contributed by atoms with Gasteiger partial charge in [-0.25, -0.2) is 0 Å². The lowest BCUT2D eigenvalue weighted by atomic mass is 10.1. The summed E-state index contributed by atoms with van der Waals surface area (Å²) < 4.78 is 43.8. The Hall–Kier alpha value is -2.39. The van der Waals surface area contributed by atoms with E-state index < -0.39 is 17.3 Å². The molecule has 0 spiro atoms. The van der Waals surface area contributed by atoms with E-state index in [2.05, 4.69) is 0 Å². The molecule has 2 aromatic carbocycles. The molecule has 0 radical (unpaired) electrons. The first-order valence-electron chi connectivity index (χ1n) is 5.65. The molecule has 7 heteroatoms. The lowest BCUT2D eigenvalue weighted by Gasteiger charge is -2.12. The third kappa shape index (κ3) is 3.38. The minimum atomic E-state index is -4.64. The zero-order valence-corrected chi connectivity index (χ0v) is 11.2. The largest absolute Gasteiger partial charge is 0.455 e. The van der Waals surface area contributed by atoms with Crippen LogP contribution >= 0.6 is 11.6 Å². The van der Waals surface area contributed by atoms with Gasteiger partial charge in [0.15, 0.2) is 0 Å². The molecule has 21 heavy (non-hydrogen) atoms. The topological polar surface area (TPSA) is 59.0 Å². The molecule has 0 heterocycles. The van der Waals surface area contributed by atoms with Gasteiger partial charge in [-0.05, 0) is 36.4 Å². The van der Waals surface area contributed by atoms with Crippen LogP contribution < -0.4 is 10.5 Å². The van der Waals surface area contributed by atoms with E-state index in [-0.39, 0.29) is 17.2 Å². The first-order valence-corrected chi connectivity index (χ1v) is 6.03. The number of benzene rings is 2. The molecule has 0 bridgehead atoms. The lowest BCUT2D eigenvalue weighted by molar-refractivity contribution is -0.137. The van der Waals surface area contributed by atoms with Crippen molar-refractivity contribution in [3.8, 4) is 17.6 Å². The fourth-order valence-electron chi connectivity index (χ4n) is 1.66. The number of nitrogens with two attached hydrogens (primary N) is 1. The molecule has 0 aliphatic rings. The summed E-state index contributed by atoms with van der Waals surface area (Å²) in [6.45, 7) is 0. The van der Waals surface area contributed by atoms with Gasteiger partial charge in [0.05, 0.1) is 22.9 Å². The highest BCUT2D eigenvalue weighted by Crippen LogP contribution is 2.36. The Morgan fingerprint density at radius 1 is 1.14 bits per heavy atom. The van der Waals surface area contributed by atoms with Gasteiger partial charge in [-0.15, -0.1) is 0 Å². The molecule has 0 fully saturated rings. The molecular weight excluding hydrogens is 305 g/mol. The Morgan fingerprint density at radius 2 is 1.86 bits per heavy atom. The van der Waals surface area contributed by atoms with E-state index in [1.165, 1.54) is 30.3 Å². The Balaban J connectivity index is 2.40. The summed E-state index contributed by atoms with van der Waals surface area (Å²) in [7, 11) is 0. The summed E-state index contributed by atoms with van der Waals surface area (Å²) in [6.07, 6.45) is -4.64. The van der Waals surface area contributed by atoms with Gasteiger partial charge in [-0.2, -0.15) is 18.4 Å². The molecule has 2 N–H and O–H groups in total. The number of alkyl halides is 3. The Morgan fingerprint density at radius 3 is 2.43 bits per heavy atom. The molecule has 0 aromatic heterocycles. The molecule has 0 atom stereocenters. The quantitative estimate of drug-likeness (QED) is 0.824. The monoisotopic (exact) mass is 312 g/mol. The molecule has 0 saturated carbocycles. The maximum atomic E-state index is 12.8. The van der Waals surface area contributed by atoms with Gasteiger partial charge < -0.3 is 10.5 Å². The second kappa shape index (κ2) is 5.54. The van der Waals surface area contributed by atoms with Crippen molar-refractivity contribution in [3.63, 3.8) is 0 Å². The summed E-state index contributed by atoms with van der Waals surface area (Å²) in [4.78, 5) is 0. The van der Waals surface area contributed by atoms with E-state index in [9.17, 15) is 13.2 Å². The van der Waals surface area contributed by atoms with Gasteiger partial charge in [-0.1, -0.05) is 11.6 Å². The molecule has 2 aromatic rings. The minimum absolute atomic E-state index is 0.0738. The van der Waals surface area contributed by atoms with Crippen molar-refractivity contribution in [1.82, 2.24) is 0 Å². The zero-order valence-electron chi connectivity index (χ0n) is 10.4. The molecular formula is C14H8ClF3N2O. The maximum absolute atomic E-state index is 12.8. The number of halogens is 4. The fraction of sp³-hybridized carbons (Fsp3) is 0.0714. The third-order valence-corrected chi connectivity index (χ3v) is 2.85. The van der Waals surface area contributed by atoms with Crippen LogP contribution in [0.5, 0.6) is 11.5 Å². The predicted molar refractivity (Wildman–Crippen MR) is 72.1 cm³/mol. The van der Waals surface area contributed by atoms with Crippen LogP contribution in [0.2, 0.25) is 5.02 Å². The molecule has 0 unspecified atom stereocenters. The smallest absolute Gasteiger partial charge is 0.417 e. The van der Waals surface area contributed by atoms with Crippen LogP contribution in [0.25, 0.3) is 0 Å². The van der Waals surface area contributed by atoms with E-state index in [1.54, 1.807) is 0 Å². The number of nitrogen functional groups attached to an aromatic ring is 1. The highest BCUT2D eigenvalue weighted by Gasteiger charge is 2.34. The summed E-state index contributed by atoms with van der Waals surface area (Å²) >= 11 is 5.72. The van der Waals surface area contributed by atoms with Crippen LogP contribution in [0, 0.1) is 11.3 Å². The van der Waals surface area contributed by atoms with Gasteiger partial charge in [0.2, 0.25) is 0 Å². The van der Waals surface area contributed by atoms with Crippen molar-refractivity contribution in [3.05, 3.63) is 52.5 Å². The summed E-state index contributed by atoms with van der Waals surface area (Å²) in [5.74, 6) is 0.104. The van der Waals surface area contributed by atoms with Gasteiger partial charge in [-0.3, -0.25) is 0 Å². The fourth-order valence-corrected chi connectivity index (χ4v) is 1.84. The van der Waals surface area contributed by atoms with Crippen molar-refractivity contribution < 1.29 is 17.9 Å². The van der Waals surface area contributed by atoms with Crippen molar-refractivity contribution >= 4 is 17.3 Å². The van der Waals surface area contributed by atoms with Crippen LogP contribution in [-0.4, -0.2) is 0 Å².